The largest absolute Gasteiger partial charge is 0.489 e. The van der Waals surface area contributed by atoms with Gasteiger partial charge in [-0.15, -0.1) is 0 Å². The normalized spacial score (nSPS) is 18.6. The van der Waals surface area contributed by atoms with Gasteiger partial charge in [0.1, 0.15) is 16.9 Å². The van der Waals surface area contributed by atoms with Crippen molar-refractivity contribution in [3.8, 4) is 5.75 Å². The lowest BCUT2D eigenvalue weighted by Gasteiger charge is -2.23. The Balaban J connectivity index is 1.26. The highest BCUT2D eigenvalue weighted by Crippen LogP contribution is 2.32. The Bertz CT molecular complexity index is 1200. The van der Waals surface area contributed by atoms with Crippen LogP contribution in [0.4, 0.5) is 23.1 Å². The van der Waals surface area contributed by atoms with Crippen molar-refractivity contribution in [2.24, 2.45) is 5.92 Å². The van der Waals surface area contributed by atoms with Crippen molar-refractivity contribution in [2.75, 3.05) is 30.3 Å². The Morgan fingerprint density at radius 3 is 2.65 bits per heavy atom. The zero-order valence-electron chi connectivity index (χ0n) is 22.0. The number of benzene rings is 2. The molecule has 0 radical (unpaired) electrons. The molecule has 1 aliphatic heterocycles. The van der Waals surface area contributed by atoms with Crippen molar-refractivity contribution >= 4 is 34.7 Å². The summed E-state index contributed by atoms with van der Waals surface area (Å²) in [4.78, 5) is 11.6. The van der Waals surface area contributed by atoms with E-state index in [9.17, 15) is 0 Å². The molecule has 6 nitrogen and oxygen atoms in total. The summed E-state index contributed by atoms with van der Waals surface area (Å²) in [6.45, 7) is 7.44. The van der Waals surface area contributed by atoms with Crippen molar-refractivity contribution in [3.05, 3.63) is 64.8 Å². The second kappa shape index (κ2) is 12.1. The second-order valence-electron chi connectivity index (χ2n) is 10.4. The topological polar surface area (TPSA) is 62.3 Å². The molecule has 2 heterocycles. The van der Waals surface area contributed by atoms with E-state index in [-0.39, 0.29) is 6.10 Å². The molecular weight excluding hydrogens is 482 g/mol. The van der Waals surface area contributed by atoms with E-state index in [1.165, 1.54) is 37.7 Å². The Labute approximate surface area is 225 Å². The molecular formula is C30H38ClN5O. The van der Waals surface area contributed by atoms with Crippen molar-refractivity contribution < 1.29 is 4.74 Å². The van der Waals surface area contributed by atoms with Crippen molar-refractivity contribution in [2.45, 2.75) is 64.9 Å². The lowest BCUT2D eigenvalue weighted by Crippen LogP contribution is -2.24. The van der Waals surface area contributed by atoms with E-state index in [4.69, 9.17) is 21.3 Å². The molecule has 3 aromatic rings. The minimum absolute atomic E-state index is 0.257. The van der Waals surface area contributed by atoms with E-state index in [2.05, 4.69) is 64.7 Å². The summed E-state index contributed by atoms with van der Waals surface area (Å²) < 4.78 is 6.23. The molecule has 0 bridgehead atoms. The third-order valence-electron chi connectivity index (χ3n) is 7.67. The average molecular weight is 520 g/mol. The van der Waals surface area contributed by atoms with Gasteiger partial charge >= 0.3 is 0 Å². The molecule has 0 spiro atoms. The lowest BCUT2D eigenvalue weighted by atomic mass is 9.84. The molecule has 2 aromatic carbocycles. The van der Waals surface area contributed by atoms with Gasteiger partial charge < -0.3 is 15.4 Å². The number of likely N-dealkylation sites (tertiary alicyclic amines) is 1. The number of anilines is 4. The minimum Gasteiger partial charge on any atom is -0.489 e. The molecule has 7 heteroatoms. The highest BCUT2D eigenvalue weighted by molar-refractivity contribution is 6.32. The fourth-order valence-corrected chi connectivity index (χ4v) is 5.65. The van der Waals surface area contributed by atoms with Gasteiger partial charge in [-0.2, -0.15) is 4.98 Å². The van der Waals surface area contributed by atoms with Crippen LogP contribution >= 0.6 is 11.6 Å². The Morgan fingerprint density at radius 2 is 1.86 bits per heavy atom. The molecule has 2 aliphatic rings. The zero-order chi connectivity index (χ0) is 25.6. The first-order chi connectivity index (χ1) is 18.1. The first-order valence-electron chi connectivity index (χ1n) is 13.7. The SMILES string of the molecule is CCN1CCC(Oc2ccc(Nc3ncc(Cl)c(Nc4ccccc4CC4CCCCC4)n3)c(C)c2)C1. The van der Waals surface area contributed by atoms with E-state index in [1.54, 1.807) is 6.20 Å². The van der Waals surface area contributed by atoms with Crippen LogP contribution in [0.25, 0.3) is 0 Å². The third kappa shape index (κ3) is 6.74. The van der Waals surface area contributed by atoms with Gasteiger partial charge in [-0.05, 0) is 67.6 Å². The molecule has 196 valence electrons. The number of rotatable bonds is 9. The maximum Gasteiger partial charge on any atom is 0.229 e. The van der Waals surface area contributed by atoms with Gasteiger partial charge in [-0.3, -0.25) is 4.90 Å². The number of nitrogens with one attached hydrogen (secondary N) is 2. The summed E-state index contributed by atoms with van der Waals surface area (Å²) in [7, 11) is 0. The molecule has 5 rings (SSSR count). The van der Waals surface area contributed by atoms with E-state index in [0.717, 1.165) is 61.1 Å². The fourth-order valence-electron chi connectivity index (χ4n) is 5.51. The number of halogens is 1. The van der Waals surface area contributed by atoms with Crippen molar-refractivity contribution in [1.82, 2.24) is 14.9 Å². The molecule has 1 unspecified atom stereocenters. The van der Waals surface area contributed by atoms with Crippen molar-refractivity contribution in [3.63, 3.8) is 0 Å². The van der Waals surface area contributed by atoms with E-state index in [0.29, 0.717) is 16.8 Å². The first-order valence-corrected chi connectivity index (χ1v) is 14.1. The van der Waals surface area contributed by atoms with E-state index < -0.39 is 0 Å². The summed E-state index contributed by atoms with van der Waals surface area (Å²) in [5.41, 5.74) is 4.40. The molecule has 1 saturated carbocycles. The number of likely N-dealkylation sites (N-methyl/N-ethyl adjacent to an activating group) is 1. The van der Waals surface area contributed by atoms with Crippen LogP contribution in [0.3, 0.4) is 0 Å². The van der Waals surface area contributed by atoms with Gasteiger partial charge in [0.15, 0.2) is 5.82 Å². The zero-order valence-corrected chi connectivity index (χ0v) is 22.7. The van der Waals surface area contributed by atoms with Gasteiger partial charge in [0.2, 0.25) is 5.95 Å². The number of aromatic nitrogens is 2. The average Bonchev–Trinajstić information content (AvgIpc) is 3.37. The van der Waals surface area contributed by atoms with Gasteiger partial charge in [0.25, 0.3) is 0 Å². The Hall–Kier alpha value is -2.83. The monoisotopic (exact) mass is 519 g/mol. The number of aryl methyl sites for hydroxylation is 1. The fraction of sp³-hybridized carbons (Fsp3) is 0.467. The summed E-state index contributed by atoms with van der Waals surface area (Å²) in [6.07, 6.45) is 10.8. The molecule has 37 heavy (non-hydrogen) atoms. The molecule has 2 fully saturated rings. The maximum absolute atomic E-state index is 6.51. The first kappa shape index (κ1) is 25.8. The molecule has 1 saturated heterocycles. The van der Waals surface area contributed by atoms with Gasteiger partial charge in [0, 0.05) is 24.5 Å². The lowest BCUT2D eigenvalue weighted by molar-refractivity contribution is 0.202. The van der Waals surface area contributed by atoms with Crippen molar-refractivity contribution in [1.29, 1.82) is 0 Å². The highest BCUT2D eigenvalue weighted by Gasteiger charge is 2.23. The van der Waals surface area contributed by atoms with Crippen LogP contribution in [-0.4, -0.2) is 40.6 Å². The predicted octanol–water partition coefficient (Wildman–Crippen LogP) is 7.52. The van der Waals surface area contributed by atoms with E-state index >= 15 is 0 Å². The van der Waals surface area contributed by atoms with Crippen LogP contribution in [0.2, 0.25) is 5.02 Å². The Kier molecular flexibility index (Phi) is 8.47. The number of hydrogen-bond donors (Lipinski definition) is 2. The van der Waals surface area contributed by atoms with Crippen LogP contribution in [-0.2, 0) is 6.42 Å². The van der Waals surface area contributed by atoms with Crippen LogP contribution in [0.1, 0.15) is 56.6 Å². The number of para-hydroxylation sites is 1. The molecule has 1 aliphatic carbocycles. The second-order valence-corrected chi connectivity index (χ2v) is 10.8. The Morgan fingerprint density at radius 1 is 1.03 bits per heavy atom. The van der Waals surface area contributed by atoms with Gasteiger partial charge in [-0.25, -0.2) is 4.98 Å². The van der Waals surface area contributed by atoms with Crippen LogP contribution in [0.5, 0.6) is 5.75 Å². The standard InChI is InChI=1S/C30H38ClN5O/c1-3-36-16-15-25(20-36)37-24-13-14-27(21(2)17-24)34-30-32-19-26(31)29(35-30)33-28-12-8-7-11-23(28)18-22-9-5-4-6-10-22/h7-8,11-14,17,19,22,25H,3-6,9-10,15-16,18,20H2,1-2H3,(H2,32,33,34,35). The highest BCUT2D eigenvalue weighted by atomic mass is 35.5. The molecule has 1 atom stereocenters. The smallest absolute Gasteiger partial charge is 0.229 e. The number of nitrogens with zero attached hydrogens (tertiary/aromatic N) is 3. The molecule has 0 amide bonds. The summed E-state index contributed by atoms with van der Waals surface area (Å²) in [5, 5.41) is 7.34. The summed E-state index contributed by atoms with van der Waals surface area (Å²) in [6, 6.07) is 14.6. The van der Waals surface area contributed by atoms with Gasteiger partial charge in [0.05, 0.1) is 6.20 Å². The van der Waals surface area contributed by atoms with Crippen LogP contribution in [0, 0.1) is 12.8 Å². The van der Waals surface area contributed by atoms with Crippen LogP contribution < -0.4 is 15.4 Å². The predicted molar refractivity (Wildman–Crippen MR) is 153 cm³/mol. The quantitative estimate of drug-likeness (QED) is 0.305. The maximum atomic E-state index is 6.51. The summed E-state index contributed by atoms with van der Waals surface area (Å²) >= 11 is 6.51. The summed E-state index contributed by atoms with van der Waals surface area (Å²) in [5.74, 6) is 2.77. The van der Waals surface area contributed by atoms with E-state index in [1.807, 2.05) is 12.1 Å². The van der Waals surface area contributed by atoms with Crippen LogP contribution in [0.15, 0.2) is 48.7 Å². The molecule has 1 aromatic heterocycles. The number of ether oxygens (including phenoxy) is 1. The minimum atomic E-state index is 0.257. The third-order valence-corrected chi connectivity index (χ3v) is 7.95. The molecule has 2 N–H and O–H groups in total. The number of hydrogen-bond acceptors (Lipinski definition) is 6. The van der Waals surface area contributed by atoms with Gasteiger partial charge in [-0.1, -0.05) is 68.8 Å².